The molecule has 11 N–H and O–H groups in total. The summed E-state index contributed by atoms with van der Waals surface area (Å²) in [4.78, 5) is 105. The van der Waals surface area contributed by atoms with Gasteiger partial charge in [0.05, 0.1) is 10.9 Å². The number of aromatic hydroxyl groups is 1. The summed E-state index contributed by atoms with van der Waals surface area (Å²) >= 11 is 1.67. The minimum absolute atomic E-state index is 0.0129. The van der Waals surface area contributed by atoms with E-state index in [9.17, 15) is 29.4 Å². The molecule has 1 saturated heterocycles. The molecule has 0 spiro atoms. The Labute approximate surface area is 530 Å². The van der Waals surface area contributed by atoms with Crippen LogP contribution < -0.4 is 42.5 Å². The third-order valence-electron chi connectivity index (χ3n) is 15.6. The van der Waals surface area contributed by atoms with E-state index in [1.165, 1.54) is 19.1 Å². The van der Waals surface area contributed by atoms with Gasteiger partial charge in [-0.3, -0.25) is 28.8 Å². The molecule has 0 radical (unpaired) electrons. The number of fused-ring (bicyclic) bond motifs is 1. The normalized spacial score (nSPS) is 19.4. The maximum Gasteiger partial charge on any atom is 0.407 e. The second-order valence-corrected chi connectivity index (χ2v) is 25.0. The van der Waals surface area contributed by atoms with Crippen LogP contribution in [0, 0.1) is 0 Å². The fourth-order valence-corrected chi connectivity index (χ4v) is 12.5. The molecule has 90 heavy (non-hydrogen) atoms. The van der Waals surface area contributed by atoms with Gasteiger partial charge in [0.25, 0.3) is 0 Å². The van der Waals surface area contributed by atoms with E-state index in [1.807, 2.05) is 78.9 Å². The van der Waals surface area contributed by atoms with Crippen molar-refractivity contribution in [3.05, 3.63) is 209 Å². The second kappa shape index (κ2) is 32.5. The van der Waals surface area contributed by atoms with Gasteiger partial charge < -0.3 is 62.5 Å². The standard InChI is InChI=1S/C70H83N9O10S/c1-46(80)62-67(87)79-59(41-47-21-9-5-10-22-47)65(85)76-57(36-37-61(82)71-39-40-90-70(50-23-11-6-12-24-50,51-25-13-7-14-26-51)52-27-15-8-16-28-52)63(83)77-58(42-48-32-34-54(81)35-33-48)66(86)78-60(43-49-44-73-56-31-18-17-30-55(49)56)64(84)75-53(45-74-62)29-19-20-38-72-68(88)89-69(2,3)4/h5-18,21-28,30-35,44,46,53,57-60,62,73-74,80-81H,19-20,29,36-43,45H2,1-4H3,(H,71,82)(H,72,88)(H,75,84)(H,76,85)(H,77,83)(H,78,86)(H,79,87)/t46-,53+,57+,58+,59+,60-,62+/m1/s1. The number of alkyl carbamates (subject to hydrolysis) is 1. The van der Waals surface area contributed by atoms with Gasteiger partial charge in [-0.2, -0.15) is 0 Å². The zero-order chi connectivity index (χ0) is 64.0. The van der Waals surface area contributed by atoms with E-state index in [1.54, 1.807) is 81.2 Å². The second-order valence-electron chi connectivity index (χ2n) is 23.6. The van der Waals surface area contributed by atoms with Crippen molar-refractivity contribution < 1.29 is 48.5 Å². The molecule has 0 aliphatic carbocycles. The molecule has 1 aliphatic rings. The van der Waals surface area contributed by atoms with E-state index in [-0.39, 0.29) is 57.5 Å². The minimum atomic E-state index is -1.47. The number of para-hydroxylation sites is 1. The van der Waals surface area contributed by atoms with Gasteiger partial charge in [-0.25, -0.2) is 4.79 Å². The number of ether oxygens (including phenoxy) is 1. The van der Waals surface area contributed by atoms with Crippen LogP contribution in [0.3, 0.4) is 0 Å². The van der Waals surface area contributed by atoms with Crippen molar-refractivity contribution in [1.82, 2.24) is 47.5 Å². The number of aliphatic hydroxyl groups is 1. The highest BCUT2D eigenvalue weighted by Gasteiger charge is 2.38. The van der Waals surface area contributed by atoms with Crippen LogP contribution in [0.5, 0.6) is 5.75 Å². The Kier molecular flexibility index (Phi) is 24.2. The van der Waals surface area contributed by atoms with E-state index in [2.05, 4.69) is 83.9 Å². The van der Waals surface area contributed by atoms with Crippen LogP contribution in [-0.2, 0) is 57.5 Å². The topological polar surface area (TPSA) is 281 Å². The number of rotatable bonds is 22. The van der Waals surface area contributed by atoms with Crippen LogP contribution in [0.4, 0.5) is 4.79 Å². The van der Waals surface area contributed by atoms with Crippen LogP contribution in [-0.4, -0.2) is 130 Å². The summed E-state index contributed by atoms with van der Waals surface area (Å²) in [6, 6.07) is 45.5. The van der Waals surface area contributed by atoms with Crippen LogP contribution in [0.2, 0.25) is 0 Å². The third kappa shape index (κ3) is 19.3. The quantitative estimate of drug-likeness (QED) is 0.0242. The lowest BCUT2D eigenvalue weighted by molar-refractivity contribution is -0.135. The molecule has 7 aromatic rings. The zero-order valence-corrected chi connectivity index (χ0v) is 52.2. The summed E-state index contributed by atoms with van der Waals surface area (Å²) in [5, 5.41) is 45.8. The Morgan fingerprint density at radius 3 is 1.66 bits per heavy atom. The van der Waals surface area contributed by atoms with Crippen molar-refractivity contribution in [1.29, 1.82) is 0 Å². The first-order valence-electron chi connectivity index (χ1n) is 30.7. The van der Waals surface area contributed by atoms with Crippen molar-refractivity contribution in [2.45, 2.75) is 132 Å². The maximum atomic E-state index is 15.1. The van der Waals surface area contributed by atoms with Crippen molar-refractivity contribution >= 4 is 64.2 Å². The monoisotopic (exact) mass is 1240 g/mol. The number of aliphatic hydroxyl groups excluding tert-OH is 1. The molecule has 1 fully saturated rings. The van der Waals surface area contributed by atoms with Gasteiger partial charge in [0.15, 0.2) is 0 Å². The SMILES string of the molecule is C[C@@H](O)[C@@H]1NC[C@H](CCCCNC(=O)OC(C)(C)C)NC(=O)[C@@H](Cc2c[nH]c3ccccc23)NC(=O)[C@H](Cc2ccc(O)cc2)NC(=O)[C@H](CCC(=O)NCCSC(c2ccccc2)(c2ccccc2)c2ccccc2)NC(=O)[C@H](Cc2ccccc2)NC1=O. The van der Waals surface area contributed by atoms with E-state index in [4.69, 9.17) is 4.74 Å². The molecule has 0 bridgehead atoms. The molecule has 474 valence electrons. The third-order valence-corrected chi connectivity index (χ3v) is 17.1. The number of phenolic OH excluding ortho intramolecular Hbond substituents is 1. The summed E-state index contributed by atoms with van der Waals surface area (Å²) in [6.07, 6.45) is 0.405. The van der Waals surface area contributed by atoms with Gasteiger partial charge in [-0.05, 0) is 105 Å². The summed E-state index contributed by atoms with van der Waals surface area (Å²) in [6.45, 7) is 7.14. The van der Waals surface area contributed by atoms with E-state index in [0.29, 0.717) is 41.7 Å². The van der Waals surface area contributed by atoms with E-state index < -0.39 is 94.2 Å². The highest BCUT2D eigenvalue weighted by atomic mass is 32.2. The fraction of sp³-hybridized carbons (Fsp3) is 0.357. The number of carbonyl (C=O) groups excluding carboxylic acids is 7. The Morgan fingerprint density at radius 2 is 1.08 bits per heavy atom. The van der Waals surface area contributed by atoms with Gasteiger partial charge in [0, 0.05) is 74.2 Å². The summed E-state index contributed by atoms with van der Waals surface area (Å²) < 4.78 is 4.75. The molecule has 7 atom stereocenters. The molecule has 19 nitrogen and oxygen atoms in total. The Balaban J connectivity index is 1.09. The van der Waals surface area contributed by atoms with Gasteiger partial charge in [-0.15, -0.1) is 11.8 Å². The van der Waals surface area contributed by atoms with Crippen LogP contribution in [0.25, 0.3) is 10.9 Å². The first kappa shape index (κ1) is 67.0. The summed E-state index contributed by atoms with van der Waals surface area (Å²) in [5.41, 5.74) is 5.15. The number of carbonyl (C=O) groups is 7. The lowest BCUT2D eigenvalue weighted by atomic mass is 9.84. The number of hydrogen-bond donors (Lipinski definition) is 11. The Morgan fingerprint density at radius 1 is 0.578 bits per heavy atom. The van der Waals surface area contributed by atoms with Gasteiger partial charge in [0.1, 0.15) is 41.6 Å². The smallest absolute Gasteiger partial charge is 0.407 e. The first-order valence-corrected chi connectivity index (χ1v) is 31.7. The molecule has 7 amide bonds. The predicted octanol–water partition coefficient (Wildman–Crippen LogP) is 6.99. The van der Waals surface area contributed by atoms with E-state index in [0.717, 1.165) is 27.6 Å². The average Bonchev–Trinajstić information content (AvgIpc) is 0.922. The molecule has 6 aromatic carbocycles. The summed E-state index contributed by atoms with van der Waals surface area (Å²) in [7, 11) is 0. The molecular formula is C70H83N9O10S. The van der Waals surface area contributed by atoms with Gasteiger partial charge >= 0.3 is 6.09 Å². The van der Waals surface area contributed by atoms with Gasteiger partial charge in [0.2, 0.25) is 35.4 Å². The summed E-state index contributed by atoms with van der Waals surface area (Å²) in [5.74, 6) is -3.68. The molecule has 0 unspecified atom stereocenters. The number of hydrogen-bond acceptors (Lipinski definition) is 12. The Hall–Kier alpha value is -8.98. The van der Waals surface area contributed by atoms with Crippen molar-refractivity contribution in [2.75, 3.05) is 25.4 Å². The predicted molar refractivity (Wildman–Crippen MR) is 349 cm³/mol. The zero-order valence-electron chi connectivity index (χ0n) is 51.3. The number of unbranched alkanes of at least 4 members (excludes halogenated alkanes) is 1. The largest absolute Gasteiger partial charge is 0.508 e. The molecule has 20 heteroatoms. The lowest BCUT2D eigenvalue weighted by Crippen LogP contribution is -2.62. The average molecular weight is 1240 g/mol. The highest BCUT2D eigenvalue weighted by molar-refractivity contribution is 8.00. The number of aromatic nitrogens is 1. The van der Waals surface area contributed by atoms with Crippen molar-refractivity contribution in [3.8, 4) is 5.75 Å². The molecule has 0 saturated carbocycles. The maximum absolute atomic E-state index is 15.1. The van der Waals surface area contributed by atoms with Crippen LogP contribution in [0.15, 0.2) is 176 Å². The van der Waals surface area contributed by atoms with Crippen LogP contribution in [0.1, 0.15) is 93.2 Å². The molecule has 1 aliphatic heterocycles. The minimum Gasteiger partial charge on any atom is -0.508 e. The van der Waals surface area contributed by atoms with Crippen molar-refractivity contribution in [2.24, 2.45) is 0 Å². The lowest BCUT2D eigenvalue weighted by Gasteiger charge is -2.35. The molecular weight excluding hydrogens is 1160 g/mol. The number of nitrogens with one attached hydrogen (secondary N) is 9. The molecule has 1 aromatic heterocycles. The number of phenols is 1. The molecule has 2 heterocycles. The highest BCUT2D eigenvalue weighted by Crippen LogP contribution is 2.48. The van der Waals surface area contributed by atoms with E-state index >= 15 is 14.4 Å². The number of aromatic amines is 1. The number of H-pyrrole nitrogens is 1. The van der Waals surface area contributed by atoms with Gasteiger partial charge in [-0.1, -0.05) is 152 Å². The number of benzene rings is 6. The Bertz CT molecular complexity index is 3380. The first-order chi connectivity index (χ1) is 43.3. The number of amides is 7. The molecule has 8 rings (SSSR count). The fourth-order valence-electron chi connectivity index (χ4n) is 11.0. The van der Waals surface area contributed by atoms with Crippen molar-refractivity contribution in [3.63, 3.8) is 0 Å². The number of thioether (sulfide) groups is 1. The van der Waals surface area contributed by atoms with Crippen LogP contribution >= 0.6 is 11.8 Å².